The Balaban J connectivity index is 0.000000172. The van der Waals surface area contributed by atoms with Crippen LogP contribution in [0, 0.1) is 5.82 Å². The summed E-state index contributed by atoms with van der Waals surface area (Å²) in [5, 5.41) is 9.38. The molecule has 2 aliphatic rings. The predicted molar refractivity (Wildman–Crippen MR) is 229 cm³/mol. The lowest BCUT2D eigenvalue weighted by Crippen LogP contribution is -2.44. The molecule has 0 unspecified atom stereocenters. The summed E-state index contributed by atoms with van der Waals surface area (Å²) in [5.41, 5.74) is 4.28. The molecule has 0 spiro atoms. The highest BCUT2D eigenvalue weighted by atomic mass is 79.9. The van der Waals surface area contributed by atoms with Crippen LogP contribution in [0.15, 0.2) is 102 Å². The molecule has 2 aliphatic heterocycles. The van der Waals surface area contributed by atoms with Crippen LogP contribution >= 0.6 is 62.3 Å². The molecule has 4 heterocycles. The lowest BCUT2D eigenvalue weighted by molar-refractivity contribution is 0.0922. The van der Waals surface area contributed by atoms with E-state index < -0.39 is 0 Å². The van der Waals surface area contributed by atoms with E-state index in [-0.39, 0.29) is 34.7 Å². The monoisotopic (exact) mass is 894 g/mol. The number of rotatable bonds is 6. The molecule has 0 atom stereocenters. The molecule has 2 amide bonds. The number of carbonyl (C=O) groups excluding carboxylic acids is 2. The summed E-state index contributed by atoms with van der Waals surface area (Å²) >= 11 is 27.9. The van der Waals surface area contributed by atoms with E-state index in [1.807, 2.05) is 30.5 Å². The van der Waals surface area contributed by atoms with E-state index in [0.29, 0.717) is 31.7 Å². The van der Waals surface area contributed by atoms with Gasteiger partial charge in [-0.25, -0.2) is 4.39 Å². The van der Waals surface area contributed by atoms with Crippen LogP contribution in [0.3, 0.4) is 0 Å². The Bertz CT molecular complexity index is 2240. The third-order valence-corrected chi connectivity index (χ3v) is 12.4. The van der Waals surface area contributed by atoms with Gasteiger partial charge in [-0.3, -0.25) is 19.6 Å². The highest BCUT2D eigenvalue weighted by Gasteiger charge is 2.25. The number of nitrogens with one attached hydrogen (secondary N) is 2. The van der Waals surface area contributed by atoms with Gasteiger partial charge in [0, 0.05) is 77.3 Å². The van der Waals surface area contributed by atoms with Crippen LogP contribution in [0.2, 0.25) is 20.1 Å². The molecule has 6 aromatic rings. The molecule has 2 saturated heterocycles. The van der Waals surface area contributed by atoms with Crippen LogP contribution in [0.4, 0.5) is 15.8 Å². The minimum atomic E-state index is -0.320. The number of hydrogen-bond acceptors (Lipinski definition) is 6. The number of carbonyl (C=O) groups is 2. The number of amides is 2. The highest BCUT2D eigenvalue weighted by Crippen LogP contribution is 2.33. The molecule has 14 heteroatoms. The molecule has 0 bridgehead atoms. The van der Waals surface area contributed by atoms with Gasteiger partial charge < -0.3 is 20.4 Å². The van der Waals surface area contributed by atoms with Gasteiger partial charge in [-0.2, -0.15) is 0 Å². The standard InChI is InChI=1S/C21H18BrCl2N3O.C21H18Cl2FN3O/c22-16-5-1-3-14-18(7-10-25-20(14)16)27-11-8-13(9-12-27)26-21(28)15-4-2-6-17(23)19(15)24;22-16-5-1-4-15(19(16)23)21(28)26-13-8-11-27(12-9-13)18-7-10-25-20-14(18)3-2-6-17(20)24/h2*1-7,10,13H,8-9,11-12H2,(H,26,28). The fourth-order valence-corrected chi connectivity index (χ4v) is 8.46. The van der Waals surface area contributed by atoms with Crippen molar-refractivity contribution >= 4 is 107 Å². The molecule has 56 heavy (non-hydrogen) atoms. The van der Waals surface area contributed by atoms with E-state index >= 15 is 0 Å². The third-order valence-electron chi connectivity index (χ3n) is 10.1. The smallest absolute Gasteiger partial charge is 0.253 e. The number of hydrogen-bond donors (Lipinski definition) is 2. The van der Waals surface area contributed by atoms with Gasteiger partial charge in [0.05, 0.1) is 36.7 Å². The average molecular weight is 898 g/mol. The van der Waals surface area contributed by atoms with E-state index in [2.05, 4.69) is 58.5 Å². The van der Waals surface area contributed by atoms with Gasteiger partial charge in [0.2, 0.25) is 0 Å². The molecule has 0 saturated carbocycles. The zero-order valence-corrected chi connectivity index (χ0v) is 34.5. The minimum absolute atomic E-state index is 0.0450. The molecular weight excluding hydrogens is 861 g/mol. The summed E-state index contributed by atoms with van der Waals surface area (Å²) in [6, 6.07) is 25.4. The largest absolute Gasteiger partial charge is 0.371 e. The third kappa shape index (κ3) is 8.85. The minimum Gasteiger partial charge on any atom is -0.371 e. The molecule has 2 N–H and O–H groups in total. The van der Waals surface area contributed by atoms with E-state index in [1.165, 1.54) is 11.8 Å². The van der Waals surface area contributed by atoms with Crippen molar-refractivity contribution in [2.75, 3.05) is 36.0 Å². The van der Waals surface area contributed by atoms with Crippen LogP contribution in [0.5, 0.6) is 0 Å². The zero-order valence-electron chi connectivity index (χ0n) is 29.9. The van der Waals surface area contributed by atoms with Crippen LogP contribution in [-0.2, 0) is 0 Å². The lowest BCUT2D eigenvalue weighted by atomic mass is 10.0. The molecule has 2 fully saturated rings. The van der Waals surface area contributed by atoms with Crippen molar-refractivity contribution in [3.63, 3.8) is 0 Å². The number of aromatic nitrogens is 2. The van der Waals surface area contributed by atoms with Crippen LogP contribution < -0.4 is 20.4 Å². The summed E-state index contributed by atoms with van der Waals surface area (Å²) < 4.78 is 15.0. The first-order valence-electron chi connectivity index (χ1n) is 18.1. The predicted octanol–water partition coefficient (Wildman–Crippen LogP) is 10.8. The van der Waals surface area contributed by atoms with Crippen molar-refractivity contribution in [1.29, 1.82) is 0 Å². The van der Waals surface area contributed by atoms with E-state index in [1.54, 1.807) is 48.7 Å². The Morgan fingerprint density at radius 3 is 1.54 bits per heavy atom. The second-order valence-electron chi connectivity index (χ2n) is 13.6. The number of piperidine rings is 2. The maximum atomic E-state index is 14.0. The number of pyridine rings is 2. The number of fused-ring (bicyclic) bond motifs is 2. The first-order chi connectivity index (χ1) is 27.1. The van der Waals surface area contributed by atoms with Crippen molar-refractivity contribution in [3.05, 3.63) is 139 Å². The second kappa shape index (κ2) is 17.9. The highest BCUT2D eigenvalue weighted by molar-refractivity contribution is 9.10. The lowest BCUT2D eigenvalue weighted by Gasteiger charge is -2.34. The molecule has 0 radical (unpaired) electrons. The van der Waals surface area contributed by atoms with Crippen LogP contribution in [0.25, 0.3) is 21.8 Å². The first-order valence-corrected chi connectivity index (χ1v) is 20.5. The Labute approximate surface area is 352 Å². The molecule has 288 valence electrons. The van der Waals surface area contributed by atoms with Crippen molar-refractivity contribution < 1.29 is 14.0 Å². The van der Waals surface area contributed by atoms with Crippen molar-refractivity contribution in [2.45, 2.75) is 37.8 Å². The van der Waals surface area contributed by atoms with Gasteiger partial charge in [-0.05, 0) is 90.1 Å². The Hall–Kier alpha value is -4.19. The van der Waals surface area contributed by atoms with E-state index in [0.717, 1.165) is 78.3 Å². The summed E-state index contributed by atoms with van der Waals surface area (Å²) in [6.07, 6.45) is 6.77. The van der Waals surface area contributed by atoms with Gasteiger partial charge in [-0.15, -0.1) is 0 Å². The van der Waals surface area contributed by atoms with Crippen molar-refractivity contribution in [1.82, 2.24) is 20.6 Å². The quantitative estimate of drug-likeness (QED) is 0.173. The Morgan fingerprint density at radius 2 is 1.04 bits per heavy atom. The van der Waals surface area contributed by atoms with Crippen molar-refractivity contribution in [3.8, 4) is 0 Å². The first kappa shape index (κ1) is 40.0. The molecular formula is C42H36BrCl4FN6O2. The summed E-state index contributed by atoms with van der Waals surface area (Å²) in [4.78, 5) is 38.3. The molecule has 8 rings (SSSR count). The van der Waals surface area contributed by atoms with Gasteiger partial charge >= 0.3 is 0 Å². The number of benzene rings is 4. The van der Waals surface area contributed by atoms with Gasteiger partial charge in [-0.1, -0.05) is 82.8 Å². The molecule has 4 aromatic carbocycles. The van der Waals surface area contributed by atoms with Gasteiger partial charge in [0.25, 0.3) is 11.8 Å². The van der Waals surface area contributed by atoms with E-state index in [9.17, 15) is 14.0 Å². The average Bonchev–Trinajstić information content (AvgIpc) is 3.21. The summed E-state index contributed by atoms with van der Waals surface area (Å²) in [5.74, 6) is -0.716. The fourth-order valence-electron chi connectivity index (χ4n) is 7.22. The maximum Gasteiger partial charge on any atom is 0.253 e. The zero-order chi connectivity index (χ0) is 39.3. The molecule has 2 aromatic heterocycles. The van der Waals surface area contributed by atoms with Crippen LogP contribution in [0.1, 0.15) is 46.4 Å². The Morgan fingerprint density at radius 1 is 0.607 bits per heavy atom. The number of halogens is 6. The van der Waals surface area contributed by atoms with Gasteiger partial charge in [0.1, 0.15) is 11.3 Å². The second-order valence-corrected chi connectivity index (χ2v) is 16.0. The van der Waals surface area contributed by atoms with E-state index in [4.69, 9.17) is 46.4 Å². The van der Waals surface area contributed by atoms with Crippen molar-refractivity contribution in [2.24, 2.45) is 0 Å². The molecule has 8 nitrogen and oxygen atoms in total. The molecule has 0 aliphatic carbocycles. The topological polar surface area (TPSA) is 90.5 Å². The number of para-hydroxylation sites is 2. The summed E-state index contributed by atoms with van der Waals surface area (Å²) in [6.45, 7) is 3.23. The fraction of sp³-hybridized carbons (Fsp3) is 0.238. The van der Waals surface area contributed by atoms with Crippen LogP contribution in [-0.4, -0.2) is 60.0 Å². The van der Waals surface area contributed by atoms with Gasteiger partial charge in [0.15, 0.2) is 0 Å². The Kier molecular flexibility index (Phi) is 12.8. The number of nitrogens with zero attached hydrogens (tertiary/aromatic N) is 4. The number of anilines is 2. The maximum absolute atomic E-state index is 14.0. The normalized spacial score (nSPS) is 15.0. The SMILES string of the molecule is O=C(NC1CCN(c2ccnc3c(Br)cccc23)CC1)c1cccc(Cl)c1Cl.O=C(NC1CCN(c2ccnc3c(F)cccc23)CC1)c1cccc(Cl)c1Cl. The summed E-state index contributed by atoms with van der Waals surface area (Å²) in [7, 11) is 0.